The van der Waals surface area contributed by atoms with Gasteiger partial charge in [0.05, 0.1) is 5.60 Å². The molecule has 1 heterocycles. The lowest BCUT2D eigenvalue weighted by Crippen LogP contribution is -2.52. The second-order valence-corrected chi connectivity index (χ2v) is 7.57. The van der Waals surface area contributed by atoms with Gasteiger partial charge in [-0.3, -0.25) is 4.99 Å². The Labute approximate surface area is 136 Å². The van der Waals surface area contributed by atoms with Gasteiger partial charge in [-0.1, -0.05) is 20.8 Å². The van der Waals surface area contributed by atoms with Gasteiger partial charge in [0.15, 0.2) is 5.96 Å². The molecule has 1 aliphatic rings. The maximum Gasteiger partial charge on any atom is 0.191 e. The highest BCUT2D eigenvalue weighted by Crippen LogP contribution is 2.23. The molecule has 1 saturated heterocycles. The zero-order valence-electron chi connectivity index (χ0n) is 15.3. The van der Waals surface area contributed by atoms with Crippen molar-refractivity contribution in [2.75, 3.05) is 33.9 Å². The van der Waals surface area contributed by atoms with E-state index in [1.54, 1.807) is 7.11 Å². The second-order valence-electron chi connectivity index (χ2n) is 7.57. The van der Waals surface area contributed by atoms with Crippen LogP contribution in [-0.4, -0.2) is 51.5 Å². The minimum absolute atomic E-state index is 0.134. The largest absolute Gasteiger partial charge is 0.381 e. The van der Waals surface area contributed by atoms with Crippen LogP contribution >= 0.6 is 0 Å². The fourth-order valence-corrected chi connectivity index (χ4v) is 2.59. The van der Waals surface area contributed by atoms with Gasteiger partial charge in [-0.15, -0.1) is 0 Å². The van der Waals surface area contributed by atoms with Crippen molar-refractivity contribution in [3.8, 4) is 0 Å². The molecule has 0 amide bonds. The van der Waals surface area contributed by atoms with Crippen molar-refractivity contribution >= 4 is 5.96 Å². The average molecular weight is 313 g/mol. The van der Waals surface area contributed by atoms with Crippen LogP contribution in [0.1, 0.15) is 53.4 Å². The van der Waals surface area contributed by atoms with Gasteiger partial charge in [-0.05, 0) is 25.2 Å². The molecule has 130 valence electrons. The molecule has 5 nitrogen and oxygen atoms in total. The highest BCUT2D eigenvalue weighted by Gasteiger charge is 2.32. The van der Waals surface area contributed by atoms with E-state index in [1.165, 1.54) is 6.42 Å². The molecular weight excluding hydrogens is 278 g/mol. The normalized spacial score (nSPS) is 20.5. The Morgan fingerprint density at radius 2 is 1.95 bits per heavy atom. The van der Waals surface area contributed by atoms with Crippen molar-refractivity contribution in [2.24, 2.45) is 10.4 Å². The van der Waals surface area contributed by atoms with Crippen LogP contribution in [0.5, 0.6) is 0 Å². The lowest BCUT2D eigenvalue weighted by molar-refractivity contribution is -0.0855. The molecule has 0 saturated carbocycles. The topological polar surface area (TPSA) is 54.9 Å². The molecule has 1 fully saturated rings. The SMILES string of the molecule is CN=C(NCC1(OC)CCOCC1)NC(C)CCC(C)(C)C. The Morgan fingerprint density at radius 1 is 1.32 bits per heavy atom. The van der Waals surface area contributed by atoms with Gasteiger partial charge < -0.3 is 20.1 Å². The first-order valence-corrected chi connectivity index (χ1v) is 8.40. The standard InChI is InChI=1S/C17H35N3O2/c1-14(7-8-16(2,3)4)20-15(18-5)19-13-17(21-6)9-11-22-12-10-17/h14H,7-13H2,1-6H3,(H2,18,19,20). The maximum absolute atomic E-state index is 5.75. The summed E-state index contributed by atoms with van der Waals surface area (Å²) in [4.78, 5) is 4.33. The monoisotopic (exact) mass is 313 g/mol. The predicted octanol–water partition coefficient (Wildman–Crippen LogP) is 2.56. The molecule has 1 unspecified atom stereocenters. The molecule has 0 spiro atoms. The second kappa shape index (κ2) is 8.73. The molecule has 0 bridgehead atoms. The van der Waals surface area contributed by atoms with Crippen molar-refractivity contribution in [3.05, 3.63) is 0 Å². The van der Waals surface area contributed by atoms with E-state index in [9.17, 15) is 0 Å². The Kier molecular flexibility index (Phi) is 7.63. The molecule has 1 aliphatic heterocycles. The van der Waals surface area contributed by atoms with Gasteiger partial charge in [0.2, 0.25) is 0 Å². The molecule has 1 rings (SSSR count). The van der Waals surface area contributed by atoms with Crippen LogP contribution in [0.25, 0.3) is 0 Å². The molecule has 0 radical (unpaired) electrons. The summed E-state index contributed by atoms with van der Waals surface area (Å²) in [5.41, 5.74) is 0.236. The van der Waals surface area contributed by atoms with Crippen molar-refractivity contribution in [1.29, 1.82) is 0 Å². The number of methoxy groups -OCH3 is 1. The van der Waals surface area contributed by atoms with Gasteiger partial charge >= 0.3 is 0 Å². The molecule has 0 aromatic rings. The summed E-state index contributed by atoms with van der Waals surface area (Å²) in [6.07, 6.45) is 4.17. The van der Waals surface area contributed by atoms with Crippen LogP contribution in [0.4, 0.5) is 0 Å². The maximum atomic E-state index is 5.75. The molecule has 0 aromatic carbocycles. The quantitative estimate of drug-likeness (QED) is 0.584. The average Bonchev–Trinajstić information content (AvgIpc) is 2.49. The first-order valence-electron chi connectivity index (χ1n) is 8.40. The van der Waals surface area contributed by atoms with Crippen LogP contribution < -0.4 is 10.6 Å². The van der Waals surface area contributed by atoms with Crippen molar-refractivity contribution in [3.63, 3.8) is 0 Å². The van der Waals surface area contributed by atoms with E-state index in [0.717, 1.165) is 45.0 Å². The molecule has 22 heavy (non-hydrogen) atoms. The molecule has 2 N–H and O–H groups in total. The summed E-state index contributed by atoms with van der Waals surface area (Å²) < 4.78 is 11.2. The third-order valence-corrected chi connectivity index (χ3v) is 4.35. The first-order chi connectivity index (χ1) is 10.3. The zero-order chi connectivity index (χ0) is 16.6. The fourth-order valence-electron chi connectivity index (χ4n) is 2.59. The zero-order valence-corrected chi connectivity index (χ0v) is 15.3. The van der Waals surface area contributed by atoms with Gasteiger partial charge in [-0.2, -0.15) is 0 Å². The third-order valence-electron chi connectivity index (χ3n) is 4.35. The summed E-state index contributed by atoms with van der Waals surface area (Å²) in [5.74, 6) is 0.851. The minimum atomic E-state index is -0.134. The van der Waals surface area contributed by atoms with Crippen molar-refractivity contribution in [1.82, 2.24) is 10.6 Å². The fraction of sp³-hybridized carbons (Fsp3) is 0.941. The number of hydrogen-bond acceptors (Lipinski definition) is 3. The number of ether oxygens (including phenoxy) is 2. The molecule has 0 aliphatic carbocycles. The Balaban J connectivity index is 2.41. The number of nitrogens with zero attached hydrogens (tertiary/aromatic N) is 1. The van der Waals surface area contributed by atoms with E-state index in [2.05, 4.69) is 43.3 Å². The summed E-state index contributed by atoms with van der Waals surface area (Å²) in [6.45, 7) is 11.3. The minimum Gasteiger partial charge on any atom is -0.381 e. The van der Waals surface area contributed by atoms with Gasteiger partial charge in [-0.25, -0.2) is 0 Å². The predicted molar refractivity (Wildman–Crippen MR) is 92.4 cm³/mol. The number of guanidine groups is 1. The Hall–Kier alpha value is -0.810. The third kappa shape index (κ3) is 6.97. The van der Waals surface area contributed by atoms with Crippen LogP contribution in [0, 0.1) is 5.41 Å². The van der Waals surface area contributed by atoms with Crippen LogP contribution in [0.15, 0.2) is 4.99 Å². The summed E-state index contributed by atoms with van der Waals surface area (Å²) in [7, 11) is 3.60. The van der Waals surface area contributed by atoms with Crippen LogP contribution in [-0.2, 0) is 9.47 Å². The van der Waals surface area contributed by atoms with Crippen molar-refractivity contribution < 1.29 is 9.47 Å². The lowest BCUT2D eigenvalue weighted by atomic mass is 9.89. The molecule has 5 heteroatoms. The molecule has 0 aromatic heterocycles. The Morgan fingerprint density at radius 3 is 2.45 bits per heavy atom. The van der Waals surface area contributed by atoms with E-state index in [-0.39, 0.29) is 5.60 Å². The lowest BCUT2D eigenvalue weighted by Gasteiger charge is -2.36. The summed E-state index contributed by atoms with van der Waals surface area (Å²) in [6, 6.07) is 0.401. The van der Waals surface area contributed by atoms with E-state index in [0.29, 0.717) is 11.5 Å². The van der Waals surface area contributed by atoms with Gasteiger partial charge in [0.1, 0.15) is 0 Å². The summed E-state index contributed by atoms with van der Waals surface area (Å²) in [5, 5.41) is 6.89. The highest BCUT2D eigenvalue weighted by atomic mass is 16.5. The Bertz CT molecular complexity index is 344. The number of nitrogens with one attached hydrogen (secondary N) is 2. The van der Waals surface area contributed by atoms with Crippen molar-refractivity contribution in [2.45, 2.75) is 65.0 Å². The van der Waals surface area contributed by atoms with Crippen LogP contribution in [0.2, 0.25) is 0 Å². The number of rotatable bonds is 6. The van der Waals surface area contributed by atoms with Crippen LogP contribution in [0.3, 0.4) is 0 Å². The highest BCUT2D eigenvalue weighted by molar-refractivity contribution is 5.80. The molecular formula is C17H35N3O2. The first kappa shape index (κ1) is 19.2. The van der Waals surface area contributed by atoms with Gasteiger partial charge in [0, 0.05) is 52.8 Å². The van der Waals surface area contributed by atoms with E-state index >= 15 is 0 Å². The summed E-state index contributed by atoms with van der Waals surface area (Å²) >= 11 is 0. The number of aliphatic imine (C=N–C) groups is 1. The van der Waals surface area contributed by atoms with E-state index in [1.807, 2.05) is 7.05 Å². The van der Waals surface area contributed by atoms with E-state index in [4.69, 9.17) is 9.47 Å². The molecule has 1 atom stereocenters. The smallest absolute Gasteiger partial charge is 0.191 e. The van der Waals surface area contributed by atoms with E-state index < -0.39 is 0 Å². The van der Waals surface area contributed by atoms with Gasteiger partial charge in [0.25, 0.3) is 0 Å². The number of hydrogen-bond donors (Lipinski definition) is 2.